The van der Waals surface area contributed by atoms with Gasteiger partial charge in [0.2, 0.25) is 11.8 Å². The Kier molecular flexibility index (Phi) is 4.86. The molecule has 7 heteroatoms. The van der Waals surface area contributed by atoms with Gasteiger partial charge in [-0.2, -0.15) is 0 Å². The molecule has 1 saturated heterocycles. The van der Waals surface area contributed by atoms with Crippen molar-refractivity contribution in [3.05, 3.63) is 35.4 Å². The molecule has 142 valence electrons. The average Bonchev–Trinajstić information content (AvgIpc) is 2.99. The molecule has 1 aromatic carbocycles. The second-order valence-corrected chi connectivity index (χ2v) is 10.1. The van der Waals surface area contributed by atoms with E-state index < -0.39 is 15.3 Å². The molecule has 2 amide bonds. The highest BCUT2D eigenvalue weighted by molar-refractivity contribution is 7.91. The molecule has 2 heterocycles. The molecule has 0 spiro atoms. The van der Waals surface area contributed by atoms with Gasteiger partial charge in [-0.3, -0.25) is 9.59 Å². The summed E-state index contributed by atoms with van der Waals surface area (Å²) in [5.41, 5.74) is 1.15. The van der Waals surface area contributed by atoms with Gasteiger partial charge in [-0.25, -0.2) is 8.42 Å². The molecule has 2 aliphatic heterocycles. The number of sulfone groups is 1. The Morgan fingerprint density at radius 2 is 1.85 bits per heavy atom. The number of carbonyl (C=O) groups excluding carboxylic acids is 2. The number of carbonyl (C=O) groups is 2. The van der Waals surface area contributed by atoms with Crippen molar-refractivity contribution in [2.24, 2.45) is 5.41 Å². The highest BCUT2D eigenvalue weighted by Crippen LogP contribution is 2.28. The predicted molar refractivity (Wildman–Crippen MR) is 99.2 cm³/mol. The molecule has 0 radical (unpaired) electrons. The molecule has 1 aromatic rings. The third kappa shape index (κ3) is 3.49. The molecule has 0 bridgehead atoms. The van der Waals surface area contributed by atoms with Crippen LogP contribution in [0.3, 0.4) is 0 Å². The van der Waals surface area contributed by atoms with Crippen LogP contribution in [0, 0.1) is 5.41 Å². The van der Waals surface area contributed by atoms with Crippen LogP contribution < -0.4 is 0 Å². The fourth-order valence-corrected chi connectivity index (χ4v) is 5.62. The molecule has 0 aliphatic carbocycles. The van der Waals surface area contributed by atoms with Crippen LogP contribution in [-0.4, -0.2) is 61.2 Å². The number of benzene rings is 1. The van der Waals surface area contributed by atoms with E-state index in [1.807, 2.05) is 18.2 Å². The first kappa shape index (κ1) is 18.9. The summed E-state index contributed by atoms with van der Waals surface area (Å²) in [6.07, 6.45) is 1.22. The summed E-state index contributed by atoms with van der Waals surface area (Å²) in [5.74, 6) is -0.434. The van der Waals surface area contributed by atoms with Gasteiger partial charge < -0.3 is 9.80 Å². The van der Waals surface area contributed by atoms with E-state index in [0.717, 1.165) is 12.0 Å². The minimum atomic E-state index is -3.08. The van der Waals surface area contributed by atoms with Crippen LogP contribution >= 0.6 is 0 Å². The molecule has 0 aromatic heterocycles. The molecular formula is C19H26N2O4S. The van der Waals surface area contributed by atoms with E-state index in [1.165, 1.54) is 10.5 Å². The second-order valence-electron chi connectivity index (χ2n) is 7.84. The van der Waals surface area contributed by atoms with Gasteiger partial charge in [0, 0.05) is 26.2 Å². The van der Waals surface area contributed by atoms with E-state index in [9.17, 15) is 18.0 Å². The van der Waals surface area contributed by atoms with E-state index >= 15 is 0 Å². The maximum absolute atomic E-state index is 13.1. The molecular weight excluding hydrogens is 352 g/mol. The monoisotopic (exact) mass is 378 g/mol. The van der Waals surface area contributed by atoms with Crippen LogP contribution in [0.4, 0.5) is 0 Å². The Balaban J connectivity index is 1.73. The maximum Gasteiger partial charge on any atom is 0.238 e. The van der Waals surface area contributed by atoms with Gasteiger partial charge in [0.05, 0.1) is 11.5 Å². The van der Waals surface area contributed by atoms with E-state index in [4.69, 9.17) is 0 Å². The van der Waals surface area contributed by atoms with Crippen molar-refractivity contribution in [2.75, 3.05) is 25.1 Å². The van der Waals surface area contributed by atoms with Crippen molar-refractivity contribution in [3.8, 4) is 0 Å². The standard InChI is InChI=1S/C19H26N2O4S/c1-19(2,17(22)20(3)16-9-11-26(24,25)13-16)18(23)21-10-8-14-6-4-5-7-15(14)12-21/h4-7,16H,8-13H2,1-3H3. The van der Waals surface area contributed by atoms with Crippen molar-refractivity contribution in [1.29, 1.82) is 0 Å². The van der Waals surface area contributed by atoms with Crippen LogP contribution in [0.25, 0.3) is 0 Å². The number of amides is 2. The van der Waals surface area contributed by atoms with Gasteiger partial charge >= 0.3 is 0 Å². The molecule has 0 N–H and O–H groups in total. The zero-order chi connectivity index (χ0) is 19.1. The Morgan fingerprint density at radius 3 is 2.46 bits per heavy atom. The minimum Gasteiger partial charge on any atom is -0.341 e. The molecule has 1 fully saturated rings. The van der Waals surface area contributed by atoms with Crippen molar-refractivity contribution < 1.29 is 18.0 Å². The normalized spacial score (nSPS) is 22.0. The van der Waals surface area contributed by atoms with E-state index in [1.54, 1.807) is 25.8 Å². The van der Waals surface area contributed by atoms with E-state index in [2.05, 4.69) is 6.07 Å². The summed E-state index contributed by atoms with van der Waals surface area (Å²) in [7, 11) is -1.48. The zero-order valence-corrected chi connectivity index (χ0v) is 16.4. The van der Waals surface area contributed by atoms with Gasteiger partial charge in [-0.05, 0) is 37.8 Å². The highest BCUT2D eigenvalue weighted by Gasteiger charge is 2.44. The Morgan fingerprint density at radius 1 is 1.19 bits per heavy atom. The van der Waals surface area contributed by atoms with Gasteiger partial charge in [0.25, 0.3) is 0 Å². The molecule has 6 nitrogen and oxygen atoms in total. The fraction of sp³-hybridized carbons (Fsp3) is 0.579. The lowest BCUT2D eigenvalue weighted by molar-refractivity contribution is -0.155. The summed E-state index contributed by atoms with van der Waals surface area (Å²) in [6.45, 7) is 4.37. The van der Waals surface area contributed by atoms with Gasteiger partial charge in [-0.15, -0.1) is 0 Å². The molecule has 1 unspecified atom stereocenters. The first-order valence-corrected chi connectivity index (χ1v) is 10.8. The Bertz CT molecular complexity index is 832. The third-order valence-corrected chi connectivity index (χ3v) is 7.31. The van der Waals surface area contributed by atoms with E-state index in [-0.39, 0.29) is 29.4 Å². The lowest BCUT2D eigenvalue weighted by Gasteiger charge is -2.37. The van der Waals surface area contributed by atoms with Crippen molar-refractivity contribution in [2.45, 2.75) is 39.3 Å². The van der Waals surface area contributed by atoms with Crippen LogP contribution in [0.2, 0.25) is 0 Å². The van der Waals surface area contributed by atoms with Gasteiger partial charge in [-0.1, -0.05) is 24.3 Å². The van der Waals surface area contributed by atoms with Gasteiger partial charge in [0.1, 0.15) is 5.41 Å². The number of hydrogen-bond acceptors (Lipinski definition) is 4. The van der Waals surface area contributed by atoms with Crippen LogP contribution in [0.5, 0.6) is 0 Å². The first-order valence-electron chi connectivity index (χ1n) is 8.95. The smallest absolute Gasteiger partial charge is 0.238 e. The lowest BCUT2D eigenvalue weighted by Crippen LogP contribution is -2.53. The lowest BCUT2D eigenvalue weighted by atomic mass is 9.87. The van der Waals surface area contributed by atoms with E-state index in [0.29, 0.717) is 19.5 Å². The van der Waals surface area contributed by atoms with Crippen LogP contribution in [0.15, 0.2) is 24.3 Å². The summed E-state index contributed by atoms with van der Waals surface area (Å²) >= 11 is 0. The zero-order valence-electron chi connectivity index (χ0n) is 15.6. The number of fused-ring (bicyclic) bond motifs is 1. The fourth-order valence-electron chi connectivity index (χ4n) is 3.84. The number of nitrogens with zero attached hydrogens (tertiary/aromatic N) is 2. The quantitative estimate of drug-likeness (QED) is 0.742. The Labute approximate surface area is 155 Å². The summed E-state index contributed by atoms with van der Waals surface area (Å²) in [4.78, 5) is 29.2. The van der Waals surface area contributed by atoms with Crippen molar-refractivity contribution in [1.82, 2.24) is 9.80 Å². The highest BCUT2D eigenvalue weighted by atomic mass is 32.2. The summed E-state index contributed by atoms with van der Waals surface area (Å²) in [6, 6.07) is 7.69. The Hall–Kier alpha value is -1.89. The largest absolute Gasteiger partial charge is 0.341 e. The minimum absolute atomic E-state index is 0.0173. The summed E-state index contributed by atoms with van der Waals surface area (Å²) in [5, 5.41) is 0. The maximum atomic E-state index is 13.1. The van der Waals surface area contributed by atoms with Crippen molar-refractivity contribution in [3.63, 3.8) is 0 Å². The van der Waals surface area contributed by atoms with Crippen LogP contribution in [0.1, 0.15) is 31.4 Å². The molecule has 3 rings (SSSR count). The van der Waals surface area contributed by atoms with Gasteiger partial charge in [0.15, 0.2) is 9.84 Å². The molecule has 1 atom stereocenters. The molecule has 0 saturated carbocycles. The topological polar surface area (TPSA) is 74.8 Å². The molecule has 26 heavy (non-hydrogen) atoms. The molecule has 2 aliphatic rings. The SMILES string of the molecule is CN(C(=O)C(C)(C)C(=O)N1CCc2ccccc2C1)C1CCS(=O)(=O)C1. The van der Waals surface area contributed by atoms with Crippen LogP contribution in [-0.2, 0) is 32.4 Å². The average molecular weight is 378 g/mol. The second kappa shape index (κ2) is 6.68. The summed E-state index contributed by atoms with van der Waals surface area (Å²) < 4.78 is 23.4. The first-order chi connectivity index (χ1) is 12.1. The predicted octanol–water partition coefficient (Wildman–Crippen LogP) is 1.24. The third-order valence-electron chi connectivity index (χ3n) is 5.56. The number of rotatable bonds is 3. The number of hydrogen-bond donors (Lipinski definition) is 0. The van der Waals surface area contributed by atoms with Crippen molar-refractivity contribution >= 4 is 21.7 Å².